The number of carbonyl (C=O) groups excluding carboxylic acids is 3. The number of hydrogen-bond acceptors (Lipinski definition) is 10. The van der Waals surface area contributed by atoms with Crippen LogP contribution in [0.25, 0.3) is 0 Å². The second-order valence-electron chi connectivity index (χ2n) is 15.1. The Labute approximate surface area is 273 Å². The lowest BCUT2D eigenvalue weighted by Crippen LogP contribution is -2.54. The van der Waals surface area contributed by atoms with Crippen molar-refractivity contribution in [3.05, 3.63) is 23.3 Å². The molecular formula is C36H54O10. The highest BCUT2D eigenvalue weighted by Gasteiger charge is 2.60. The van der Waals surface area contributed by atoms with Crippen molar-refractivity contribution in [2.75, 3.05) is 20.8 Å². The van der Waals surface area contributed by atoms with Crippen molar-refractivity contribution in [3.8, 4) is 0 Å². The molecule has 5 rings (SSSR count). The summed E-state index contributed by atoms with van der Waals surface area (Å²) in [5.74, 6) is 0.539. The number of rotatable bonds is 9. The molecular weight excluding hydrogens is 592 g/mol. The summed E-state index contributed by atoms with van der Waals surface area (Å²) < 4.78 is 32.8. The Morgan fingerprint density at radius 1 is 1.00 bits per heavy atom. The van der Waals surface area contributed by atoms with Crippen molar-refractivity contribution < 1.29 is 47.9 Å². The van der Waals surface area contributed by atoms with Gasteiger partial charge in [-0.05, 0) is 87.9 Å². The van der Waals surface area contributed by atoms with Crippen molar-refractivity contribution in [1.29, 1.82) is 0 Å². The third kappa shape index (κ3) is 6.50. The van der Waals surface area contributed by atoms with Crippen molar-refractivity contribution in [2.45, 2.75) is 129 Å². The first kappa shape index (κ1) is 34.9. The maximum Gasteiger partial charge on any atom is 0.508 e. The molecule has 0 radical (unpaired) electrons. The van der Waals surface area contributed by atoms with Gasteiger partial charge in [0, 0.05) is 31.3 Å². The summed E-state index contributed by atoms with van der Waals surface area (Å²) in [6.07, 6.45) is 8.31. The normalized spacial score (nSPS) is 36.9. The molecule has 10 heteroatoms. The molecule has 0 aromatic rings. The van der Waals surface area contributed by atoms with Crippen LogP contribution in [0.3, 0.4) is 0 Å². The van der Waals surface area contributed by atoms with E-state index in [-0.39, 0.29) is 41.7 Å². The highest BCUT2D eigenvalue weighted by molar-refractivity contribution is 5.86. The van der Waals surface area contributed by atoms with Crippen LogP contribution in [0.1, 0.15) is 98.8 Å². The number of Topliss-reactive ketones (excluding diaryl/α,β-unsaturated/α-hetero) is 1. The van der Waals surface area contributed by atoms with Gasteiger partial charge in [-0.3, -0.25) is 4.79 Å². The topological polar surface area (TPSA) is 127 Å². The van der Waals surface area contributed by atoms with E-state index in [4.69, 9.17) is 28.4 Å². The molecule has 1 N–H and O–H groups in total. The number of fused-ring (bicyclic) bond motifs is 5. The molecule has 0 amide bonds. The summed E-state index contributed by atoms with van der Waals surface area (Å²) in [4.78, 5) is 37.8. The minimum Gasteiger partial charge on any atom is -0.438 e. The van der Waals surface area contributed by atoms with E-state index in [0.29, 0.717) is 25.4 Å². The minimum absolute atomic E-state index is 0.0423. The minimum atomic E-state index is -1.03. The van der Waals surface area contributed by atoms with E-state index in [9.17, 15) is 19.5 Å². The van der Waals surface area contributed by atoms with Gasteiger partial charge < -0.3 is 33.5 Å². The number of carbonyl (C=O) groups is 3. The summed E-state index contributed by atoms with van der Waals surface area (Å²) in [6, 6.07) is 0. The molecule has 0 spiro atoms. The Morgan fingerprint density at radius 2 is 1.72 bits per heavy atom. The van der Waals surface area contributed by atoms with Crippen LogP contribution in [0.5, 0.6) is 0 Å². The molecule has 4 fully saturated rings. The van der Waals surface area contributed by atoms with Crippen LogP contribution in [0.4, 0.5) is 9.59 Å². The zero-order valence-electron chi connectivity index (χ0n) is 28.7. The number of aliphatic hydroxyl groups is 1. The second kappa shape index (κ2) is 13.6. The van der Waals surface area contributed by atoms with Crippen LogP contribution in [-0.4, -0.2) is 74.2 Å². The lowest BCUT2D eigenvalue weighted by Gasteiger charge is -2.57. The molecule has 1 unspecified atom stereocenters. The quantitative estimate of drug-likeness (QED) is 0.271. The van der Waals surface area contributed by atoms with Gasteiger partial charge in [-0.15, -0.1) is 0 Å². The fraction of sp³-hybridized carbons (Fsp3) is 0.806. The van der Waals surface area contributed by atoms with E-state index in [1.807, 2.05) is 0 Å². The Bertz CT molecular complexity index is 1220. The summed E-state index contributed by atoms with van der Waals surface area (Å²) in [7, 11) is 2.58. The third-order valence-corrected chi connectivity index (χ3v) is 12.4. The summed E-state index contributed by atoms with van der Waals surface area (Å²) >= 11 is 0. The fourth-order valence-electron chi connectivity index (χ4n) is 9.61. The third-order valence-electron chi connectivity index (χ3n) is 12.4. The number of methoxy groups -OCH3 is 2. The average Bonchev–Trinajstić information content (AvgIpc) is 3.38. The number of ketones is 1. The predicted molar refractivity (Wildman–Crippen MR) is 169 cm³/mol. The molecule has 1 heterocycles. The van der Waals surface area contributed by atoms with Gasteiger partial charge in [-0.1, -0.05) is 44.1 Å². The molecule has 0 aromatic heterocycles. The van der Waals surface area contributed by atoms with E-state index in [1.54, 1.807) is 13.8 Å². The standard InChI is InChI=1S/C36H54O10/c1-21(28(37)20-29(38)34(2,3)46-31-10-8-9-17-43-31)25-13-14-26-24-12-11-22-18-23(44-32(39)41-6)19-30(45-33(40)42-7)36(22,5)27(24)15-16-35(25,26)4/h11-12,21,23,25-28,30-31,37H,8-10,13-20H2,1-7H3/t21-,23+,25+,26-,27-,28+,30-,31?,35+,36-/m0/s1. The molecule has 10 nitrogen and oxygen atoms in total. The molecule has 1 aliphatic heterocycles. The van der Waals surface area contributed by atoms with E-state index < -0.39 is 41.6 Å². The smallest absolute Gasteiger partial charge is 0.438 e. The van der Waals surface area contributed by atoms with Crippen molar-refractivity contribution in [3.63, 3.8) is 0 Å². The largest absolute Gasteiger partial charge is 0.508 e. The lowest BCUT2D eigenvalue weighted by molar-refractivity contribution is -0.215. The molecule has 258 valence electrons. The molecule has 10 atom stereocenters. The van der Waals surface area contributed by atoms with Gasteiger partial charge in [0.1, 0.15) is 17.8 Å². The number of ether oxygens (including phenoxy) is 6. The van der Waals surface area contributed by atoms with Crippen LogP contribution in [0.15, 0.2) is 23.3 Å². The summed E-state index contributed by atoms with van der Waals surface area (Å²) in [6.45, 7) is 10.8. The van der Waals surface area contributed by atoms with Gasteiger partial charge in [0.2, 0.25) is 0 Å². The highest BCUT2D eigenvalue weighted by Crippen LogP contribution is 2.66. The van der Waals surface area contributed by atoms with Crippen LogP contribution in [-0.2, 0) is 33.2 Å². The summed E-state index contributed by atoms with van der Waals surface area (Å²) in [5, 5.41) is 11.5. The van der Waals surface area contributed by atoms with Crippen LogP contribution < -0.4 is 0 Å². The summed E-state index contributed by atoms with van der Waals surface area (Å²) in [5.41, 5.74) is 0.921. The van der Waals surface area contributed by atoms with E-state index >= 15 is 0 Å². The number of allylic oxidation sites excluding steroid dienone is 3. The number of hydrogen-bond donors (Lipinski definition) is 1. The number of aliphatic hydroxyl groups excluding tert-OH is 1. The Balaban J connectivity index is 1.32. The van der Waals surface area contributed by atoms with E-state index in [1.165, 1.54) is 19.8 Å². The first-order valence-corrected chi connectivity index (χ1v) is 17.2. The van der Waals surface area contributed by atoms with Gasteiger partial charge in [-0.2, -0.15) is 0 Å². The molecule has 3 saturated carbocycles. The van der Waals surface area contributed by atoms with Crippen molar-refractivity contribution in [2.24, 2.45) is 34.5 Å². The molecule has 4 aliphatic carbocycles. The maximum absolute atomic E-state index is 13.4. The van der Waals surface area contributed by atoms with Gasteiger partial charge in [-0.25, -0.2) is 9.59 Å². The molecule has 1 saturated heterocycles. The van der Waals surface area contributed by atoms with Gasteiger partial charge in [0.05, 0.1) is 20.3 Å². The highest BCUT2D eigenvalue weighted by atomic mass is 16.7. The van der Waals surface area contributed by atoms with Gasteiger partial charge in [0.15, 0.2) is 12.1 Å². The second-order valence-corrected chi connectivity index (χ2v) is 15.1. The van der Waals surface area contributed by atoms with E-state index in [0.717, 1.165) is 50.5 Å². The zero-order chi connectivity index (χ0) is 33.4. The first-order chi connectivity index (χ1) is 21.7. The maximum atomic E-state index is 13.4. The molecule has 0 aromatic carbocycles. The monoisotopic (exact) mass is 646 g/mol. The van der Waals surface area contributed by atoms with Crippen LogP contribution in [0.2, 0.25) is 0 Å². The average molecular weight is 647 g/mol. The Morgan fingerprint density at radius 3 is 2.39 bits per heavy atom. The molecule has 0 bridgehead atoms. The fourth-order valence-corrected chi connectivity index (χ4v) is 9.61. The SMILES string of the molecule is COC(=O)O[C@@H]1CC2=CC=C3[C@@H]4CC[C@H]([C@H](C)[C@H](O)CC(=O)C(C)(C)OC5CCCCO5)[C@@]4(C)CC[C@@H]3[C@@]2(C)[C@@H](OC(=O)OC)C1. The molecule has 46 heavy (non-hydrogen) atoms. The van der Waals surface area contributed by atoms with Gasteiger partial charge in [0.25, 0.3) is 0 Å². The Kier molecular flexibility index (Phi) is 10.3. The van der Waals surface area contributed by atoms with Crippen LogP contribution >= 0.6 is 0 Å². The van der Waals surface area contributed by atoms with Gasteiger partial charge >= 0.3 is 12.3 Å². The van der Waals surface area contributed by atoms with Crippen LogP contribution in [0, 0.1) is 34.5 Å². The predicted octanol–water partition coefficient (Wildman–Crippen LogP) is 6.68. The van der Waals surface area contributed by atoms with E-state index in [2.05, 4.69) is 32.9 Å². The van der Waals surface area contributed by atoms with Crippen molar-refractivity contribution >= 4 is 18.1 Å². The Hall–Kier alpha value is -2.43. The molecule has 5 aliphatic rings. The zero-order valence-corrected chi connectivity index (χ0v) is 28.7. The first-order valence-electron chi connectivity index (χ1n) is 17.2. The van der Waals surface area contributed by atoms with Crippen molar-refractivity contribution in [1.82, 2.24) is 0 Å². The lowest BCUT2D eigenvalue weighted by atomic mass is 9.49.